The van der Waals surface area contributed by atoms with Crippen LogP contribution in [0.15, 0.2) is 18.2 Å². The topological polar surface area (TPSA) is 50.7 Å². The molecule has 2 aliphatic rings. The smallest absolute Gasteiger partial charge is 0.163 e. The van der Waals surface area contributed by atoms with E-state index in [-0.39, 0.29) is 24.3 Å². The zero-order valence-corrected chi connectivity index (χ0v) is 12.7. The number of hydrogen-bond acceptors (Lipinski definition) is 4. The molecule has 0 bridgehead atoms. The van der Waals surface area contributed by atoms with E-state index in [1.54, 1.807) is 6.07 Å². The van der Waals surface area contributed by atoms with Gasteiger partial charge in [0, 0.05) is 6.07 Å². The van der Waals surface area contributed by atoms with E-state index in [4.69, 9.17) is 9.47 Å². The molecule has 6 heteroatoms. The fourth-order valence-corrected chi connectivity index (χ4v) is 3.28. The summed E-state index contributed by atoms with van der Waals surface area (Å²) in [4.78, 5) is 0. The maximum atomic E-state index is 13.2. The van der Waals surface area contributed by atoms with Gasteiger partial charge in [-0.1, -0.05) is 0 Å². The molecule has 2 N–H and O–H groups in total. The van der Waals surface area contributed by atoms with Crippen LogP contribution >= 0.6 is 12.4 Å². The number of nitrogens with one attached hydrogen (secondary N) is 1. The van der Waals surface area contributed by atoms with Crippen LogP contribution in [0.4, 0.5) is 4.39 Å². The minimum Gasteiger partial charge on any atom is -0.493 e. The van der Waals surface area contributed by atoms with E-state index >= 15 is 0 Å². The second-order valence-corrected chi connectivity index (χ2v) is 5.67. The molecule has 1 aromatic rings. The molecule has 0 radical (unpaired) electrons. The molecule has 0 unspecified atom stereocenters. The monoisotopic (exact) mass is 317 g/mol. The van der Waals surface area contributed by atoms with Crippen LogP contribution in [0.5, 0.6) is 11.5 Å². The first-order chi connectivity index (χ1) is 9.67. The first-order valence-electron chi connectivity index (χ1n) is 7.06. The van der Waals surface area contributed by atoms with Crippen LogP contribution in [0.1, 0.15) is 12.8 Å². The van der Waals surface area contributed by atoms with Gasteiger partial charge in [0.15, 0.2) is 11.5 Å². The van der Waals surface area contributed by atoms with Crippen LogP contribution in [0, 0.1) is 17.7 Å². The van der Waals surface area contributed by atoms with Crippen molar-refractivity contribution >= 4 is 12.4 Å². The Kier molecular flexibility index (Phi) is 5.30. The van der Waals surface area contributed by atoms with Gasteiger partial charge >= 0.3 is 0 Å². The van der Waals surface area contributed by atoms with E-state index < -0.39 is 6.10 Å². The van der Waals surface area contributed by atoms with Crippen LogP contribution < -0.4 is 14.8 Å². The van der Waals surface area contributed by atoms with Crippen molar-refractivity contribution in [3.8, 4) is 11.5 Å². The van der Waals surface area contributed by atoms with Crippen molar-refractivity contribution in [3.05, 3.63) is 24.0 Å². The summed E-state index contributed by atoms with van der Waals surface area (Å²) in [5.74, 6) is 1.58. The van der Waals surface area contributed by atoms with E-state index in [0.29, 0.717) is 23.3 Å². The molecule has 4 atom stereocenters. The van der Waals surface area contributed by atoms with Crippen molar-refractivity contribution in [2.24, 2.45) is 11.8 Å². The zero-order chi connectivity index (χ0) is 14.1. The average molecular weight is 318 g/mol. The maximum absolute atomic E-state index is 13.2. The third-order valence-electron chi connectivity index (χ3n) is 4.39. The maximum Gasteiger partial charge on any atom is 0.163 e. The number of aliphatic hydroxyl groups excluding tert-OH is 1. The highest BCUT2D eigenvalue weighted by Gasteiger charge is 2.40. The van der Waals surface area contributed by atoms with Gasteiger partial charge in [0.2, 0.25) is 0 Å². The van der Waals surface area contributed by atoms with Gasteiger partial charge in [0.25, 0.3) is 0 Å². The molecule has 2 fully saturated rings. The summed E-state index contributed by atoms with van der Waals surface area (Å²) in [5.41, 5.74) is 0. The number of hydrogen-bond donors (Lipinski definition) is 2. The van der Waals surface area contributed by atoms with Gasteiger partial charge in [-0.2, -0.15) is 0 Å². The van der Waals surface area contributed by atoms with E-state index in [0.717, 1.165) is 25.9 Å². The van der Waals surface area contributed by atoms with Crippen molar-refractivity contribution < 1.29 is 19.0 Å². The minimum atomic E-state index is -0.481. The SMILES string of the molecule is COc1cc(F)ccc1O[C@@H]1C[C@@H]2CNC[C@@H]2C[C@H]1O.Cl. The fourth-order valence-electron chi connectivity index (χ4n) is 3.28. The molecule has 0 spiro atoms. The molecule has 21 heavy (non-hydrogen) atoms. The van der Waals surface area contributed by atoms with Gasteiger partial charge < -0.3 is 19.9 Å². The summed E-state index contributed by atoms with van der Waals surface area (Å²) in [6.45, 7) is 1.96. The number of halogens is 2. The van der Waals surface area contributed by atoms with E-state index in [9.17, 15) is 9.50 Å². The minimum absolute atomic E-state index is 0. The lowest BCUT2D eigenvalue weighted by Gasteiger charge is -2.35. The first-order valence-corrected chi connectivity index (χ1v) is 7.06. The summed E-state index contributed by atoms with van der Waals surface area (Å²) in [7, 11) is 1.48. The van der Waals surface area contributed by atoms with Gasteiger partial charge in [-0.25, -0.2) is 4.39 Å². The Balaban J connectivity index is 0.00000161. The molecular weight excluding hydrogens is 297 g/mol. The standard InChI is InChI=1S/C15H20FNO3.ClH/c1-19-15-6-11(16)2-3-13(15)20-14-5-10-8-17-7-9(10)4-12(14)18;/h2-3,6,9-10,12,14,17-18H,4-5,7-8H2,1H3;1H/t9-,10+,12+,14+;/m0./s1. The summed E-state index contributed by atoms with van der Waals surface area (Å²) in [6, 6.07) is 4.19. The Morgan fingerprint density at radius 2 is 1.90 bits per heavy atom. The second-order valence-electron chi connectivity index (χ2n) is 5.67. The van der Waals surface area contributed by atoms with Crippen LogP contribution in [-0.4, -0.2) is 37.5 Å². The highest BCUT2D eigenvalue weighted by Crippen LogP contribution is 2.37. The molecule has 0 aromatic heterocycles. The lowest BCUT2D eigenvalue weighted by Crippen LogP contribution is -2.42. The third kappa shape index (κ3) is 3.42. The molecule has 1 saturated heterocycles. The summed E-state index contributed by atoms with van der Waals surface area (Å²) in [6.07, 6.45) is 0.840. The summed E-state index contributed by atoms with van der Waals surface area (Å²) in [5, 5.41) is 13.6. The van der Waals surface area contributed by atoms with Crippen molar-refractivity contribution in [3.63, 3.8) is 0 Å². The largest absolute Gasteiger partial charge is 0.493 e. The first kappa shape index (κ1) is 16.3. The Morgan fingerprint density at radius 3 is 2.62 bits per heavy atom. The predicted molar refractivity (Wildman–Crippen MR) is 79.7 cm³/mol. The molecular formula is C15H21ClFNO3. The highest BCUT2D eigenvalue weighted by molar-refractivity contribution is 5.85. The van der Waals surface area contributed by atoms with Crippen LogP contribution in [0.25, 0.3) is 0 Å². The molecule has 1 aliphatic heterocycles. The average Bonchev–Trinajstić information content (AvgIpc) is 2.88. The van der Waals surface area contributed by atoms with Crippen molar-refractivity contribution in [1.82, 2.24) is 5.32 Å². The Morgan fingerprint density at radius 1 is 1.19 bits per heavy atom. The van der Waals surface area contributed by atoms with Gasteiger partial charge in [-0.05, 0) is 49.9 Å². The number of rotatable bonds is 3. The lowest BCUT2D eigenvalue weighted by molar-refractivity contribution is -0.0240. The van der Waals surface area contributed by atoms with Gasteiger partial charge in [-0.3, -0.25) is 0 Å². The Hall–Kier alpha value is -1.04. The fraction of sp³-hybridized carbons (Fsp3) is 0.600. The Labute approximate surface area is 130 Å². The molecule has 1 aliphatic carbocycles. The van der Waals surface area contributed by atoms with E-state index in [1.165, 1.54) is 19.2 Å². The van der Waals surface area contributed by atoms with Crippen molar-refractivity contribution in [2.75, 3.05) is 20.2 Å². The molecule has 1 saturated carbocycles. The van der Waals surface area contributed by atoms with Crippen molar-refractivity contribution in [2.45, 2.75) is 25.0 Å². The number of ether oxygens (including phenoxy) is 2. The van der Waals surface area contributed by atoms with Gasteiger partial charge in [-0.15, -0.1) is 12.4 Å². The summed E-state index contributed by atoms with van der Waals surface area (Å²) < 4.78 is 24.2. The van der Waals surface area contributed by atoms with Crippen molar-refractivity contribution in [1.29, 1.82) is 0 Å². The zero-order valence-electron chi connectivity index (χ0n) is 11.9. The summed E-state index contributed by atoms with van der Waals surface area (Å²) >= 11 is 0. The normalized spacial score (nSPS) is 31.2. The molecule has 1 heterocycles. The number of benzene rings is 1. The second kappa shape index (κ2) is 6.81. The molecule has 3 rings (SSSR count). The lowest BCUT2D eigenvalue weighted by atomic mass is 9.78. The quantitative estimate of drug-likeness (QED) is 0.895. The number of methoxy groups -OCH3 is 1. The molecule has 118 valence electrons. The Bertz CT molecular complexity index is 488. The molecule has 0 amide bonds. The van der Waals surface area contributed by atoms with Gasteiger partial charge in [0.1, 0.15) is 11.9 Å². The van der Waals surface area contributed by atoms with Crippen LogP contribution in [0.2, 0.25) is 0 Å². The predicted octanol–water partition coefficient (Wildman–Crippen LogP) is 1.99. The number of aliphatic hydroxyl groups is 1. The van der Waals surface area contributed by atoms with E-state index in [2.05, 4.69) is 5.32 Å². The number of fused-ring (bicyclic) bond motifs is 1. The molecule has 4 nitrogen and oxygen atoms in total. The van der Waals surface area contributed by atoms with E-state index in [1.807, 2.05) is 0 Å². The van der Waals surface area contributed by atoms with Gasteiger partial charge in [0.05, 0.1) is 13.2 Å². The molecule has 1 aromatic carbocycles. The third-order valence-corrected chi connectivity index (χ3v) is 4.39. The highest BCUT2D eigenvalue weighted by atomic mass is 35.5. The van der Waals surface area contributed by atoms with Crippen LogP contribution in [-0.2, 0) is 0 Å². The van der Waals surface area contributed by atoms with Crippen LogP contribution in [0.3, 0.4) is 0 Å².